The molecule has 1 aromatic rings. The largest absolute Gasteiger partial charge is 0.380 e. The van der Waals surface area contributed by atoms with Crippen molar-refractivity contribution in [3.05, 3.63) is 35.4 Å². The van der Waals surface area contributed by atoms with Crippen LogP contribution in [0.25, 0.3) is 0 Å². The van der Waals surface area contributed by atoms with Crippen LogP contribution >= 0.6 is 0 Å². The molecule has 3 heteroatoms. The van der Waals surface area contributed by atoms with Crippen molar-refractivity contribution in [2.24, 2.45) is 0 Å². The van der Waals surface area contributed by atoms with E-state index >= 15 is 0 Å². The van der Waals surface area contributed by atoms with Crippen LogP contribution in [-0.4, -0.2) is 37.2 Å². The molecule has 1 aromatic carbocycles. The second-order valence-electron chi connectivity index (χ2n) is 6.39. The van der Waals surface area contributed by atoms with Crippen LogP contribution in [0.4, 0.5) is 0 Å². The summed E-state index contributed by atoms with van der Waals surface area (Å²) in [5.41, 5.74) is 2.61. The first-order valence-corrected chi connectivity index (χ1v) is 8.23. The van der Waals surface area contributed by atoms with E-state index < -0.39 is 0 Å². The molecule has 0 spiro atoms. The number of rotatable bonds is 6. The second kappa shape index (κ2) is 8.52. The molecule has 2 rings (SSSR count). The van der Waals surface area contributed by atoms with E-state index in [1.165, 1.54) is 43.5 Å². The maximum atomic E-state index is 5.20. The molecular weight excluding hydrogens is 260 g/mol. The standard InChI is InChI=1S/C18H30N2O/c1-15(2)20-10-5-8-18(9-11-20)19-13-16-6-4-7-17(12-16)14-21-3/h4,6-7,12,15,18-19H,5,8-11,13-14H2,1-3H3. The lowest BCUT2D eigenvalue weighted by Gasteiger charge is -2.24. The molecule has 21 heavy (non-hydrogen) atoms. The average molecular weight is 290 g/mol. The van der Waals surface area contributed by atoms with Crippen LogP contribution in [0.3, 0.4) is 0 Å². The summed E-state index contributed by atoms with van der Waals surface area (Å²) >= 11 is 0. The van der Waals surface area contributed by atoms with E-state index in [4.69, 9.17) is 4.74 Å². The van der Waals surface area contributed by atoms with Crippen LogP contribution < -0.4 is 5.32 Å². The normalized spacial score (nSPS) is 20.7. The van der Waals surface area contributed by atoms with Gasteiger partial charge in [0.15, 0.2) is 0 Å². The van der Waals surface area contributed by atoms with Crippen molar-refractivity contribution < 1.29 is 4.74 Å². The number of hydrogen-bond donors (Lipinski definition) is 1. The first-order valence-electron chi connectivity index (χ1n) is 8.23. The zero-order valence-electron chi connectivity index (χ0n) is 13.8. The number of benzene rings is 1. The van der Waals surface area contributed by atoms with Gasteiger partial charge in [-0.1, -0.05) is 24.3 Å². The maximum Gasteiger partial charge on any atom is 0.0713 e. The Morgan fingerprint density at radius 3 is 2.81 bits per heavy atom. The molecule has 1 heterocycles. The van der Waals surface area contributed by atoms with Gasteiger partial charge in [-0.3, -0.25) is 0 Å². The topological polar surface area (TPSA) is 24.5 Å². The van der Waals surface area contributed by atoms with Crippen molar-refractivity contribution in [2.75, 3.05) is 20.2 Å². The lowest BCUT2D eigenvalue weighted by Crippen LogP contribution is -2.33. The highest BCUT2D eigenvalue weighted by atomic mass is 16.5. The van der Waals surface area contributed by atoms with E-state index in [9.17, 15) is 0 Å². The molecule has 118 valence electrons. The number of nitrogens with one attached hydrogen (secondary N) is 1. The van der Waals surface area contributed by atoms with Gasteiger partial charge in [0.1, 0.15) is 0 Å². The van der Waals surface area contributed by atoms with Crippen molar-refractivity contribution in [1.29, 1.82) is 0 Å². The quantitative estimate of drug-likeness (QED) is 0.871. The fourth-order valence-corrected chi connectivity index (χ4v) is 3.10. The van der Waals surface area contributed by atoms with Gasteiger partial charge in [-0.25, -0.2) is 0 Å². The summed E-state index contributed by atoms with van der Waals surface area (Å²) < 4.78 is 5.20. The Bertz CT molecular complexity index is 419. The molecule has 0 amide bonds. The SMILES string of the molecule is COCc1cccc(CNC2CCCN(C(C)C)CC2)c1. The summed E-state index contributed by atoms with van der Waals surface area (Å²) in [6, 6.07) is 10.0. The highest BCUT2D eigenvalue weighted by Gasteiger charge is 2.18. The monoisotopic (exact) mass is 290 g/mol. The lowest BCUT2D eigenvalue weighted by molar-refractivity contribution is 0.185. The molecule has 0 radical (unpaired) electrons. The predicted molar refractivity (Wildman–Crippen MR) is 88.3 cm³/mol. The molecule has 1 saturated heterocycles. The van der Waals surface area contributed by atoms with Gasteiger partial charge in [0.2, 0.25) is 0 Å². The van der Waals surface area contributed by atoms with E-state index in [-0.39, 0.29) is 0 Å². The first kappa shape index (κ1) is 16.5. The van der Waals surface area contributed by atoms with Crippen molar-refractivity contribution in [3.8, 4) is 0 Å². The Balaban J connectivity index is 1.81. The minimum absolute atomic E-state index is 0.653. The van der Waals surface area contributed by atoms with Gasteiger partial charge >= 0.3 is 0 Å². The molecule has 0 bridgehead atoms. The molecular formula is C18H30N2O. The number of hydrogen-bond acceptors (Lipinski definition) is 3. The smallest absolute Gasteiger partial charge is 0.0713 e. The van der Waals surface area contributed by atoms with Crippen molar-refractivity contribution >= 4 is 0 Å². The summed E-state index contributed by atoms with van der Waals surface area (Å²) in [6.07, 6.45) is 3.86. The third-order valence-corrected chi connectivity index (χ3v) is 4.39. The van der Waals surface area contributed by atoms with Gasteiger partial charge in [-0.05, 0) is 57.3 Å². The van der Waals surface area contributed by atoms with Crippen LogP contribution in [0.2, 0.25) is 0 Å². The van der Waals surface area contributed by atoms with E-state index in [2.05, 4.69) is 48.3 Å². The van der Waals surface area contributed by atoms with E-state index in [0.717, 1.165) is 6.54 Å². The second-order valence-corrected chi connectivity index (χ2v) is 6.39. The minimum atomic E-state index is 0.653. The van der Waals surface area contributed by atoms with Gasteiger partial charge < -0.3 is 15.0 Å². The third-order valence-electron chi connectivity index (χ3n) is 4.39. The van der Waals surface area contributed by atoms with E-state index in [1.807, 2.05) is 0 Å². The summed E-state index contributed by atoms with van der Waals surface area (Å²) in [4.78, 5) is 2.60. The molecule has 1 atom stereocenters. The van der Waals surface area contributed by atoms with Crippen molar-refractivity contribution in [3.63, 3.8) is 0 Å². The van der Waals surface area contributed by atoms with Crippen molar-refractivity contribution in [1.82, 2.24) is 10.2 Å². The Morgan fingerprint density at radius 2 is 2.05 bits per heavy atom. The van der Waals surface area contributed by atoms with Gasteiger partial charge in [0.25, 0.3) is 0 Å². The summed E-state index contributed by atoms with van der Waals surface area (Å²) in [5.74, 6) is 0. The van der Waals surface area contributed by atoms with Gasteiger partial charge in [0, 0.05) is 25.7 Å². The van der Waals surface area contributed by atoms with Crippen molar-refractivity contribution in [2.45, 2.75) is 58.3 Å². The van der Waals surface area contributed by atoms with Crippen LogP contribution in [0.15, 0.2) is 24.3 Å². The summed E-state index contributed by atoms with van der Waals surface area (Å²) in [7, 11) is 1.75. The Labute approximate surface area is 129 Å². The number of methoxy groups -OCH3 is 1. The zero-order chi connectivity index (χ0) is 15.1. The van der Waals surface area contributed by atoms with E-state index in [0.29, 0.717) is 18.7 Å². The highest BCUT2D eigenvalue weighted by Crippen LogP contribution is 2.14. The average Bonchev–Trinajstić information content (AvgIpc) is 2.71. The van der Waals surface area contributed by atoms with E-state index in [1.54, 1.807) is 7.11 Å². The van der Waals surface area contributed by atoms with Crippen LogP contribution in [0.1, 0.15) is 44.2 Å². The lowest BCUT2D eigenvalue weighted by atomic mass is 10.1. The Morgan fingerprint density at radius 1 is 1.24 bits per heavy atom. The highest BCUT2D eigenvalue weighted by molar-refractivity contribution is 5.22. The number of nitrogens with zero attached hydrogens (tertiary/aromatic N) is 1. The number of ether oxygens (including phenoxy) is 1. The van der Waals surface area contributed by atoms with Gasteiger partial charge in [-0.2, -0.15) is 0 Å². The van der Waals surface area contributed by atoms with Crippen LogP contribution in [-0.2, 0) is 17.9 Å². The predicted octanol–water partition coefficient (Wildman–Crippen LogP) is 3.19. The molecule has 1 aliphatic rings. The van der Waals surface area contributed by atoms with Gasteiger partial charge in [0.05, 0.1) is 6.61 Å². The maximum absolute atomic E-state index is 5.20. The Kier molecular flexibility index (Phi) is 6.68. The molecule has 0 aliphatic carbocycles. The fourth-order valence-electron chi connectivity index (χ4n) is 3.10. The number of likely N-dealkylation sites (tertiary alicyclic amines) is 1. The minimum Gasteiger partial charge on any atom is -0.380 e. The van der Waals surface area contributed by atoms with Crippen LogP contribution in [0, 0.1) is 0 Å². The molecule has 1 aliphatic heterocycles. The summed E-state index contributed by atoms with van der Waals surface area (Å²) in [5, 5.41) is 3.74. The van der Waals surface area contributed by atoms with Crippen LogP contribution in [0.5, 0.6) is 0 Å². The molecule has 3 nitrogen and oxygen atoms in total. The fraction of sp³-hybridized carbons (Fsp3) is 0.667. The molecule has 0 saturated carbocycles. The zero-order valence-corrected chi connectivity index (χ0v) is 13.8. The molecule has 1 fully saturated rings. The first-order chi connectivity index (χ1) is 10.2. The molecule has 1 unspecified atom stereocenters. The molecule has 1 N–H and O–H groups in total. The third kappa shape index (κ3) is 5.42. The molecule has 0 aromatic heterocycles. The summed E-state index contributed by atoms with van der Waals surface area (Å²) in [6.45, 7) is 8.73. The Hall–Kier alpha value is -0.900. The van der Waals surface area contributed by atoms with Gasteiger partial charge in [-0.15, -0.1) is 0 Å².